The highest BCUT2D eigenvalue weighted by atomic mass is 19.1. The number of amides is 2. The normalized spacial score (nSPS) is 21.4. The smallest absolute Gasteiger partial charge is 0.272 e. The molecule has 0 spiro atoms. The SMILES string of the molecule is COc1ccc(O[C@@H]2CCN(c3nnc(C(=O)N[C@@H]4CCc5ncccc5C4)cc3C)C[C@@H]2F)cn1.COc1ccc(O[C@@H]2CCN(c3nnc(C(=O)N[C@H]4CCc5ncccc5C4)cc3C)C[C@@H]2F)cn1. The van der Waals surface area contributed by atoms with Crippen molar-refractivity contribution < 1.29 is 37.3 Å². The van der Waals surface area contributed by atoms with Crippen LogP contribution in [0.4, 0.5) is 20.4 Å². The van der Waals surface area contributed by atoms with Crippen LogP contribution in [0, 0.1) is 13.8 Å². The number of alkyl halides is 2. The van der Waals surface area contributed by atoms with Gasteiger partial charge in [0.05, 0.1) is 39.7 Å². The molecule has 2 N–H and O–H groups in total. The number of hydrogen-bond acceptors (Lipinski definition) is 16. The fraction of sp³-hybridized carbons (Fsp3) is 0.423. The lowest BCUT2D eigenvalue weighted by Crippen LogP contribution is -2.47. The number of ether oxygens (including phenoxy) is 4. The van der Waals surface area contributed by atoms with Crippen LogP contribution in [-0.4, -0.2) is 129 Å². The van der Waals surface area contributed by atoms with E-state index < -0.39 is 24.6 Å². The molecule has 2 saturated heterocycles. The van der Waals surface area contributed by atoms with Crippen LogP contribution in [0.3, 0.4) is 0 Å². The predicted octanol–water partition coefficient (Wildman–Crippen LogP) is 5.73. The van der Waals surface area contributed by atoms with Gasteiger partial charge in [0.15, 0.2) is 35.4 Å². The summed E-state index contributed by atoms with van der Waals surface area (Å²) in [5.74, 6) is 2.61. The first-order chi connectivity index (χ1) is 35.0. The van der Waals surface area contributed by atoms with E-state index in [1.807, 2.05) is 35.8 Å². The second kappa shape index (κ2) is 22.6. The van der Waals surface area contributed by atoms with E-state index in [-0.39, 0.29) is 48.4 Å². The summed E-state index contributed by atoms with van der Waals surface area (Å²) in [6, 6.07) is 18.2. The van der Waals surface area contributed by atoms with Crippen LogP contribution in [0.25, 0.3) is 0 Å². The van der Waals surface area contributed by atoms with Gasteiger partial charge in [0.25, 0.3) is 11.8 Å². The fourth-order valence-electron chi connectivity index (χ4n) is 9.57. The third-order valence-electron chi connectivity index (χ3n) is 13.4. The zero-order valence-electron chi connectivity index (χ0n) is 40.7. The molecule has 18 nitrogen and oxygen atoms in total. The maximum Gasteiger partial charge on any atom is 0.272 e. The van der Waals surface area contributed by atoms with Crippen molar-refractivity contribution in [3.05, 3.63) is 130 Å². The van der Waals surface area contributed by atoms with Gasteiger partial charge in [-0.05, 0) is 111 Å². The monoisotopic (exact) mass is 984 g/mol. The molecule has 0 unspecified atom stereocenters. The molecule has 0 bridgehead atoms. The molecule has 0 saturated carbocycles. The second-order valence-electron chi connectivity index (χ2n) is 18.4. The Balaban J connectivity index is 0.000000178. The average molecular weight is 985 g/mol. The maximum atomic E-state index is 15.0. The number of piperidine rings is 2. The Hall–Kier alpha value is -7.64. The van der Waals surface area contributed by atoms with Crippen molar-refractivity contribution >= 4 is 23.5 Å². The molecule has 2 aliphatic carbocycles. The molecule has 4 aliphatic rings. The Morgan fingerprint density at radius 2 is 1.04 bits per heavy atom. The summed E-state index contributed by atoms with van der Waals surface area (Å²) in [6.45, 7) is 5.11. The maximum absolute atomic E-state index is 15.0. The minimum atomic E-state index is -1.21. The summed E-state index contributed by atoms with van der Waals surface area (Å²) >= 11 is 0. The zero-order valence-corrected chi connectivity index (χ0v) is 40.7. The van der Waals surface area contributed by atoms with Gasteiger partial charge in [0.1, 0.15) is 23.7 Å². The van der Waals surface area contributed by atoms with Crippen molar-refractivity contribution in [2.75, 3.05) is 50.2 Å². The molecule has 10 rings (SSSR count). The molecule has 6 atom stereocenters. The largest absolute Gasteiger partial charge is 0.486 e. The first kappa shape index (κ1) is 49.3. The van der Waals surface area contributed by atoms with Gasteiger partial charge in [0, 0.05) is 73.9 Å². The van der Waals surface area contributed by atoms with E-state index in [1.54, 1.807) is 48.8 Å². The highest BCUT2D eigenvalue weighted by molar-refractivity contribution is 5.93. The number of fused-ring (bicyclic) bond motifs is 2. The van der Waals surface area contributed by atoms with E-state index in [4.69, 9.17) is 18.9 Å². The fourth-order valence-corrected chi connectivity index (χ4v) is 9.57. The van der Waals surface area contributed by atoms with Crippen molar-refractivity contribution in [2.24, 2.45) is 0 Å². The van der Waals surface area contributed by atoms with Gasteiger partial charge in [-0.25, -0.2) is 18.7 Å². The minimum absolute atomic E-state index is 0.0307. The number of rotatable bonds is 12. The van der Waals surface area contributed by atoms with Crippen molar-refractivity contribution in [3.63, 3.8) is 0 Å². The number of pyridine rings is 4. The highest BCUT2D eigenvalue weighted by Gasteiger charge is 2.34. The number of carbonyl (C=O) groups excluding carboxylic acids is 2. The number of hydrogen-bond donors (Lipinski definition) is 2. The molecule has 6 aromatic rings. The summed E-state index contributed by atoms with van der Waals surface area (Å²) in [5.41, 5.74) is 6.61. The molecule has 6 aromatic heterocycles. The van der Waals surface area contributed by atoms with Gasteiger partial charge in [-0.2, -0.15) is 0 Å². The van der Waals surface area contributed by atoms with E-state index in [0.29, 0.717) is 60.8 Å². The zero-order chi connectivity index (χ0) is 50.1. The summed E-state index contributed by atoms with van der Waals surface area (Å²) in [4.78, 5) is 46.4. The lowest BCUT2D eigenvalue weighted by atomic mass is 9.92. The lowest BCUT2D eigenvalue weighted by molar-refractivity contribution is 0.0814. The predicted molar refractivity (Wildman–Crippen MR) is 262 cm³/mol. The first-order valence-corrected chi connectivity index (χ1v) is 24.3. The van der Waals surface area contributed by atoms with Crippen LogP contribution in [0.2, 0.25) is 0 Å². The summed E-state index contributed by atoms with van der Waals surface area (Å²) in [5, 5.41) is 23.0. The van der Waals surface area contributed by atoms with Crippen molar-refractivity contribution in [3.8, 4) is 23.3 Å². The lowest BCUT2D eigenvalue weighted by Gasteiger charge is -2.35. The van der Waals surface area contributed by atoms with Crippen molar-refractivity contribution in [1.29, 1.82) is 0 Å². The topological polar surface area (TPSA) is 205 Å². The molecule has 376 valence electrons. The van der Waals surface area contributed by atoms with Gasteiger partial charge < -0.3 is 39.4 Å². The van der Waals surface area contributed by atoms with E-state index >= 15 is 0 Å². The standard InChI is InChI=1S/2C26H29FN6O3/c2*1-16-12-22(26(34)30-18-5-7-21-17(13-18)4-3-10-28-21)31-32-25(16)33-11-9-23(20(27)15-33)36-19-6-8-24(35-2)29-14-19/h2*3-4,6,8,10,12,14,18,20,23H,5,7,9,11,13,15H2,1-2H3,(H,30,34)/t18-,20+,23-;18-,20-,23+/m10/s1. The molecule has 0 radical (unpaired) electrons. The highest BCUT2D eigenvalue weighted by Crippen LogP contribution is 2.29. The second-order valence-corrected chi connectivity index (χ2v) is 18.4. The van der Waals surface area contributed by atoms with Gasteiger partial charge in [-0.15, -0.1) is 20.4 Å². The van der Waals surface area contributed by atoms with Crippen LogP contribution < -0.4 is 39.4 Å². The van der Waals surface area contributed by atoms with Gasteiger partial charge in [-0.3, -0.25) is 19.6 Å². The Morgan fingerprint density at radius 1 is 0.597 bits per heavy atom. The number of halogens is 2. The molecule has 20 heteroatoms. The minimum Gasteiger partial charge on any atom is -0.486 e. The van der Waals surface area contributed by atoms with Crippen LogP contribution in [-0.2, 0) is 25.7 Å². The summed E-state index contributed by atoms with van der Waals surface area (Å²) in [6.07, 6.45) is 8.88. The first-order valence-electron chi connectivity index (χ1n) is 24.3. The third-order valence-corrected chi connectivity index (χ3v) is 13.4. The van der Waals surface area contributed by atoms with Gasteiger partial charge >= 0.3 is 0 Å². The molecule has 0 aromatic carbocycles. The van der Waals surface area contributed by atoms with E-state index in [1.165, 1.54) is 37.7 Å². The van der Waals surface area contributed by atoms with E-state index in [9.17, 15) is 18.4 Å². The number of nitrogens with one attached hydrogen (secondary N) is 2. The van der Waals surface area contributed by atoms with E-state index in [0.717, 1.165) is 61.0 Å². The number of aromatic nitrogens is 8. The number of anilines is 2. The van der Waals surface area contributed by atoms with Gasteiger partial charge in [0.2, 0.25) is 11.8 Å². The summed E-state index contributed by atoms with van der Waals surface area (Å²) < 4.78 is 51.7. The quantitative estimate of drug-likeness (QED) is 0.150. The average Bonchev–Trinajstić information content (AvgIpc) is 3.40. The third kappa shape index (κ3) is 11.9. The Labute approximate surface area is 416 Å². The number of aryl methyl sites for hydroxylation is 4. The number of carbonyl (C=O) groups is 2. The summed E-state index contributed by atoms with van der Waals surface area (Å²) in [7, 11) is 3.07. The molecule has 72 heavy (non-hydrogen) atoms. The molecular weight excluding hydrogens is 927 g/mol. The Morgan fingerprint density at radius 3 is 1.42 bits per heavy atom. The van der Waals surface area contributed by atoms with Crippen molar-refractivity contribution in [2.45, 2.75) is 102 Å². The van der Waals surface area contributed by atoms with Crippen LogP contribution in [0.5, 0.6) is 23.3 Å². The molecular formula is C52H58F2N12O6. The number of nitrogens with zero attached hydrogens (tertiary/aromatic N) is 10. The molecule has 2 fully saturated rings. The van der Waals surface area contributed by atoms with Gasteiger partial charge in [-0.1, -0.05) is 12.1 Å². The molecule has 2 aliphatic heterocycles. The molecule has 2 amide bonds. The Bertz CT molecular complexity index is 2640. The molecule has 8 heterocycles. The number of methoxy groups -OCH3 is 2. The van der Waals surface area contributed by atoms with E-state index in [2.05, 4.69) is 63.1 Å². The van der Waals surface area contributed by atoms with Crippen LogP contribution in [0.15, 0.2) is 85.5 Å². The Kier molecular flexibility index (Phi) is 15.5. The van der Waals surface area contributed by atoms with Crippen LogP contribution >= 0.6 is 0 Å². The van der Waals surface area contributed by atoms with Crippen LogP contribution in [0.1, 0.15) is 80.3 Å². The van der Waals surface area contributed by atoms with Crippen molar-refractivity contribution in [1.82, 2.24) is 51.0 Å².